The van der Waals surface area contributed by atoms with E-state index in [0.29, 0.717) is 24.4 Å². The number of nitro groups is 1. The predicted molar refractivity (Wildman–Crippen MR) is 78.7 cm³/mol. The minimum Gasteiger partial charge on any atom is -0.314 e. The molecule has 0 saturated carbocycles. The summed E-state index contributed by atoms with van der Waals surface area (Å²) in [6.45, 7) is 1.52. The maximum Gasteiger partial charge on any atom is 0.408 e. The van der Waals surface area contributed by atoms with Crippen molar-refractivity contribution in [1.82, 2.24) is 10.2 Å². The largest absolute Gasteiger partial charge is 0.408 e. The normalized spacial score (nSPS) is 17.5. The molecule has 0 bridgehead atoms. The average Bonchev–Trinajstić information content (AvgIpc) is 2.78. The summed E-state index contributed by atoms with van der Waals surface area (Å²) in [5.41, 5.74) is 0. The zero-order chi connectivity index (χ0) is 14.0. The zero-order valence-electron chi connectivity index (χ0n) is 10.6. The van der Waals surface area contributed by atoms with Gasteiger partial charge in [0.05, 0.1) is 4.92 Å². The summed E-state index contributed by atoms with van der Waals surface area (Å²) in [5.74, 6) is 0. The molecule has 1 N–H and O–H groups in total. The van der Waals surface area contributed by atoms with Crippen molar-refractivity contribution in [2.24, 2.45) is 0 Å². The van der Waals surface area contributed by atoms with Crippen LogP contribution in [-0.2, 0) is 0 Å². The van der Waals surface area contributed by atoms with Crippen LogP contribution in [-0.4, -0.2) is 42.2 Å². The number of piperazine rings is 1. The van der Waals surface area contributed by atoms with E-state index in [4.69, 9.17) is 0 Å². The van der Waals surface area contributed by atoms with Crippen LogP contribution >= 0.6 is 36.2 Å². The molecule has 1 atom stereocenters. The third-order valence-electron chi connectivity index (χ3n) is 2.89. The Bertz CT molecular complexity index is 467. The second kappa shape index (κ2) is 8.14. The lowest BCUT2D eigenvalue weighted by molar-refractivity contribution is -0.380. The van der Waals surface area contributed by atoms with Crippen LogP contribution in [0.1, 0.15) is 10.9 Å². The lowest BCUT2D eigenvalue weighted by Gasteiger charge is -2.35. The van der Waals surface area contributed by atoms with Crippen molar-refractivity contribution in [1.29, 1.82) is 0 Å². The summed E-state index contributed by atoms with van der Waals surface area (Å²) in [6, 6.07) is 0.567. The standard InChI is InChI=1S/C10H12F3N3O2S.2ClH/c11-10(12,13)9(15-5-3-14-4-6-15)7-1-2-8(19-7)16(17)18;;/h1-2,9,14H,3-6H2;2*1H/t9-;;/m0../s1. The Morgan fingerprint density at radius 2 is 1.86 bits per heavy atom. The first-order valence-electron chi connectivity index (χ1n) is 5.65. The molecule has 1 aliphatic rings. The third-order valence-corrected chi connectivity index (χ3v) is 3.98. The van der Waals surface area contributed by atoms with Gasteiger partial charge in [-0.2, -0.15) is 13.2 Å². The van der Waals surface area contributed by atoms with Gasteiger partial charge in [-0.25, -0.2) is 0 Å². The van der Waals surface area contributed by atoms with Crippen LogP contribution < -0.4 is 5.32 Å². The molecule has 11 heteroatoms. The van der Waals surface area contributed by atoms with Crippen LogP contribution in [0, 0.1) is 10.1 Å². The molecule has 1 aliphatic heterocycles. The van der Waals surface area contributed by atoms with Gasteiger partial charge in [0, 0.05) is 37.1 Å². The summed E-state index contributed by atoms with van der Waals surface area (Å²) in [5, 5.41) is 13.3. The summed E-state index contributed by atoms with van der Waals surface area (Å²) in [4.78, 5) is 11.2. The predicted octanol–water partition coefficient (Wildman–Crippen LogP) is 3.01. The molecule has 0 spiro atoms. The summed E-state index contributed by atoms with van der Waals surface area (Å²) < 4.78 is 39.5. The number of hydrogen-bond donors (Lipinski definition) is 1. The maximum atomic E-state index is 13.2. The van der Waals surface area contributed by atoms with Gasteiger partial charge >= 0.3 is 11.2 Å². The smallest absolute Gasteiger partial charge is 0.314 e. The molecule has 1 saturated heterocycles. The van der Waals surface area contributed by atoms with Crippen molar-refractivity contribution in [3.63, 3.8) is 0 Å². The summed E-state index contributed by atoms with van der Waals surface area (Å²) in [6.07, 6.45) is -4.43. The van der Waals surface area contributed by atoms with Crippen LogP contribution in [0.3, 0.4) is 0 Å². The SMILES string of the molecule is Cl.Cl.O=[N+]([O-])c1ccc([C@H](N2CCNCC2)C(F)(F)F)s1. The molecular weight excluding hydrogens is 354 g/mol. The third kappa shape index (κ3) is 4.96. The highest BCUT2D eigenvalue weighted by molar-refractivity contribution is 7.15. The van der Waals surface area contributed by atoms with Crippen LogP contribution in [0.25, 0.3) is 0 Å². The van der Waals surface area contributed by atoms with E-state index >= 15 is 0 Å². The van der Waals surface area contributed by atoms with Crippen LogP contribution in [0.15, 0.2) is 12.1 Å². The van der Waals surface area contributed by atoms with Crippen molar-refractivity contribution in [2.45, 2.75) is 12.2 Å². The molecule has 0 unspecified atom stereocenters. The van der Waals surface area contributed by atoms with Crippen molar-refractivity contribution in [2.75, 3.05) is 26.2 Å². The van der Waals surface area contributed by atoms with Gasteiger partial charge in [-0.1, -0.05) is 11.3 Å². The number of thiophene rings is 1. The van der Waals surface area contributed by atoms with Crippen LogP contribution in [0.2, 0.25) is 0 Å². The van der Waals surface area contributed by atoms with Crippen molar-refractivity contribution in [3.05, 3.63) is 27.1 Å². The van der Waals surface area contributed by atoms with Gasteiger partial charge in [0.1, 0.15) is 6.04 Å². The van der Waals surface area contributed by atoms with E-state index in [2.05, 4.69) is 5.32 Å². The first-order valence-corrected chi connectivity index (χ1v) is 6.47. The minimum atomic E-state index is -4.43. The molecule has 1 aromatic heterocycles. The molecule has 0 amide bonds. The Balaban J connectivity index is 0.00000200. The highest BCUT2D eigenvalue weighted by atomic mass is 35.5. The summed E-state index contributed by atoms with van der Waals surface area (Å²) in [7, 11) is 0. The molecule has 21 heavy (non-hydrogen) atoms. The van der Waals surface area contributed by atoms with Gasteiger partial charge in [0.25, 0.3) is 0 Å². The molecule has 2 rings (SSSR count). The van der Waals surface area contributed by atoms with E-state index in [9.17, 15) is 23.3 Å². The molecule has 5 nitrogen and oxygen atoms in total. The number of halogens is 5. The second-order valence-corrected chi connectivity index (χ2v) is 5.26. The molecule has 1 aromatic rings. The van der Waals surface area contributed by atoms with E-state index < -0.39 is 17.1 Å². The number of alkyl halides is 3. The molecule has 0 aromatic carbocycles. The lowest BCUT2D eigenvalue weighted by atomic mass is 10.1. The fourth-order valence-corrected chi connectivity index (χ4v) is 3.06. The van der Waals surface area contributed by atoms with Gasteiger partial charge in [0.15, 0.2) is 0 Å². The van der Waals surface area contributed by atoms with Crippen LogP contribution in [0.5, 0.6) is 0 Å². The lowest BCUT2D eigenvalue weighted by Crippen LogP contribution is -2.48. The fourth-order valence-electron chi connectivity index (χ4n) is 2.08. The van der Waals surface area contributed by atoms with Gasteiger partial charge in [-0.15, -0.1) is 24.8 Å². The Labute approximate surface area is 135 Å². The van der Waals surface area contributed by atoms with E-state index in [-0.39, 0.29) is 47.8 Å². The molecule has 0 aliphatic carbocycles. The topological polar surface area (TPSA) is 58.4 Å². The zero-order valence-corrected chi connectivity index (χ0v) is 13.1. The van der Waals surface area contributed by atoms with Crippen molar-refractivity contribution in [3.8, 4) is 0 Å². The molecule has 0 radical (unpaired) electrons. The molecule has 1 fully saturated rings. The first kappa shape index (κ1) is 20.4. The first-order chi connectivity index (χ1) is 8.89. The van der Waals surface area contributed by atoms with Crippen LogP contribution in [0.4, 0.5) is 18.2 Å². The van der Waals surface area contributed by atoms with Gasteiger partial charge in [-0.05, 0) is 6.07 Å². The number of nitrogens with one attached hydrogen (secondary N) is 1. The quantitative estimate of drug-likeness (QED) is 0.658. The van der Waals surface area contributed by atoms with E-state index in [0.717, 1.165) is 6.07 Å². The number of nitrogens with zero attached hydrogens (tertiary/aromatic N) is 2. The molecular formula is C10H14Cl2F3N3O2S. The number of hydrogen-bond acceptors (Lipinski definition) is 5. The summed E-state index contributed by atoms with van der Waals surface area (Å²) >= 11 is 0.588. The molecule has 122 valence electrons. The molecule has 2 heterocycles. The Morgan fingerprint density at radius 3 is 2.29 bits per heavy atom. The average molecular weight is 368 g/mol. The second-order valence-electron chi connectivity index (χ2n) is 4.16. The van der Waals surface area contributed by atoms with E-state index in [1.807, 2.05) is 0 Å². The number of rotatable bonds is 3. The van der Waals surface area contributed by atoms with Crippen molar-refractivity contribution >= 4 is 41.2 Å². The Morgan fingerprint density at radius 1 is 1.29 bits per heavy atom. The highest BCUT2D eigenvalue weighted by Crippen LogP contribution is 2.42. The Hall–Kier alpha value is -0.610. The fraction of sp³-hybridized carbons (Fsp3) is 0.600. The van der Waals surface area contributed by atoms with Gasteiger partial charge < -0.3 is 5.32 Å². The van der Waals surface area contributed by atoms with Crippen molar-refractivity contribution < 1.29 is 18.1 Å². The Kier molecular flexibility index (Phi) is 7.90. The monoisotopic (exact) mass is 367 g/mol. The van der Waals surface area contributed by atoms with E-state index in [1.165, 1.54) is 11.0 Å². The van der Waals surface area contributed by atoms with E-state index in [1.54, 1.807) is 0 Å². The maximum absolute atomic E-state index is 13.2. The minimum absolute atomic E-state index is 0. The van der Waals surface area contributed by atoms with Gasteiger partial charge in [-0.3, -0.25) is 15.0 Å². The highest BCUT2D eigenvalue weighted by Gasteiger charge is 2.46. The van der Waals surface area contributed by atoms with Gasteiger partial charge in [0.2, 0.25) is 0 Å².